The van der Waals surface area contributed by atoms with E-state index in [1.165, 1.54) is 6.07 Å². The van der Waals surface area contributed by atoms with Crippen LogP contribution < -0.4 is 10.1 Å². The van der Waals surface area contributed by atoms with Gasteiger partial charge in [0.25, 0.3) is 0 Å². The van der Waals surface area contributed by atoms with Gasteiger partial charge in [-0.1, -0.05) is 13.0 Å². The van der Waals surface area contributed by atoms with Gasteiger partial charge in [-0.05, 0) is 31.2 Å². The molecule has 25 heavy (non-hydrogen) atoms. The highest BCUT2D eigenvalue weighted by Crippen LogP contribution is 2.30. The molecular formula is C17H19F3N2O2S. The molecule has 2 rings (SSSR count). The molecule has 4 nitrogen and oxygen atoms in total. The Morgan fingerprint density at radius 3 is 2.68 bits per heavy atom. The fraction of sp³-hybridized carbons (Fsp3) is 0.412. The van der Waals surface area contributed by atoms with Gasteiger partial charge < -0.3 is 10.1 Å². The van der Waals surface area contributed by atoms with E-state index in [2.05, 4.69) is 10.3 Å². The summed E-state index contributed by atoms with van der Waals surface area (Å²) in [6, 6.07) is 8.37. The Kier molecular flexibility index (Phi) is 6.41. The number of rotatable bonds is 7. The van der Waals surface area contributed by atoms with Gasteiger partial charge in [-0.2, -0.15) is 13.2 Å². The number of alkyl halides is 3. The zero-order chi connectivity index (χ0) is 18.4. The van der Waals surface area contributed by atoms with Crippen molar-refractivity contribution in [2.24, 2.45) is 0 Å². The zero-order valence-corrected chi connectivity index (χ0v) is 14.7. The number of hydrogen-bond acceptors (Lipinski definition) is 4. The number of nitrogens with one attached hydrogen (secondary N) is 1. The summed E-state index contributed by atoms with van der Waals surface area (Å²) in [5.74, 6) is -0.167. The molecule has 0 radical (unpaired) electrons. The van der Waals surface area contributed by atoms with Crippen LogP contribution >= 0.6 is 11.3 Å². The van der Waals surface area contributed by atoms with Gasteiger partial charge in [-0.15, -0.1) is 11.3 Å². The Morgan fingerprint density at radius 1 is 1.28 bits per heavy atom. The summed E-state index contributed by atoms with van der Waals surface area (Å²) in [4.78, 5) is 17.1. The third kappa shape index (κ3) is 6.38. The lowest BCUT2D eigenvalue weighted by Gasteiger charge is -2.15. The molecule has 0 fully saturated rings. The number of pyridine rings is 1. The van der Waals surface area contributed by atoms with E-state index in [1.54, 1.807) is 19.2 Å². The van der Waals surface area contributed by atoms with Crippen LogP contribution in [0.2, 0.25) is 0 Å². The quantitative estimate of drug-likeness (QED) is 0.781. The minimum absolute atomic E-state index is 0.0255. The minimum atomic E-state index is -4.37. The van der Waals surface area contributed by atoms with Crippen molar-refractivity contribution in [3.05, 3.63) is 47.1 Å². The van der Waals surface area contributed by atoms with E-state index in [0.29, 0.717) is 0 Å². The van der Waals surface area contributed by atoms with Crippen molar-refractivity contribution in [2.45, 2.75) is 38.4 Å². The average Bonchev–Trinajstić information content (AvgIpc) is 3.02. The van der Waals surface area contributed by atoms with E-state index in [0.717, 1.165) is 21.9 Å². The summed E-state index contributed by atoms with van der Waals surface area (Å²) in [7, 11) is 0. The van der Waals surface area contributed by atoms with Crippen LogP contribution in [0.1, 0.15) is 42.8 Å². The van der Waals surface area contributed by atoms with Gasteiger partial charge in [-0.3, -0.25) is 9.78 Å². The third-order valence-electron chi connectivity index (χ3n) is 3.47. The molecule has 0 aliphatic heterocycles. The lowest BCUT2D eigenvalue weighted by molar-refractivity contribution is -0.152. The van der Waals surface area contributed by atoms with E-state index in [1.807, 2.05) is 25.1 Å². The molecule has 136 valence electrons. The first-order valence-electron chi connectivity index (χ1n) is 7.74. The van der Waals surface area contributed by atoms with Crippen LogP contribution in [-0.4, -0.2) is 23.7 Å². The maximum absolute atomic E-state index is 12.2. The van der Waals surface area contributed by atoms with Crippen LogP contribution in [-0.2, 0) is 4.79 Å². The number of carbonyl (C=O) groups is 1. The first-order chi connectivity index (χ1) is 11.7. The Labute approximate surface area is 148 Å². The van der Waals surface area contributed by atoms with Crippen LogP contribution in [0.15, 0.2) is 36.5 Å². The summed E-state index contributed by atoms with van der Waals surface area (Å²) in [5.41, 5.74) is 0.837. The Balaban J connectivity index is 1.86. The van der Waals surface area contributed by atoms with Gasteiger partial charge in [0.15, 0.2) is 11.7 Å². The van der Waals surface area contributed by atoms with Crippen LogP contribution in [0, 0.1) is 0 Å². The van der Waals surface area contributed by atoms with E-state index >= 15 is 0 Å². The molecule has 1 amide bonds. The van der Waals surface area contributed by atoms with Gasteiger partial charge in [0.1, 0.15) is 0 Å². The van der Waals surface area contributed by atoms with E-state index < -0.39 is 12.8 Å². The van der Waals surface area contributed by atoms with Gasteiger partial charge in [0.05, 0.1) is 6.04 Å². The average molecular weight is 372 g/mol. The second-order valence-electron chi connectivity index (χ2n) is 5.71. The van der Waals surface area contributed by atoms with Crippen molar-refractivity contribution >= 4 is 17.2 Å². The Hall–Kier alpha value is -2.09. The van der Waals surface area contributed by atoms with Crippen molar-refractivity contribution in [3.8, 4) is 5.06 Å². The standard InChI is InChI=1S/C17H19F3N2O2S/c1-11(13-5-3-4-8-21-13)9-15(23)22-12(2)14-6-7-16(25-14)24-10-17(18,19)20/h3-8,11-12H,9-10H2,1-2H3,(H,22,23). The number of thiophene rings is 1. The minimum Gasteiger partial charge on any atom is -0.475 e. The number of nitrogens with zero attached hydrogens (tertiary/aromatic N) is 1. The van der Waals surface area contributed by atoms with Crippen LogP contribution in [0.4, 0.5) is 13.2 Å². The van der Waals surface area contributed by atoms with Crippen molar-refractivity contribution in [3.63, 3.8) is 0 Å². The molecule has 1 N–H and O–H groups in total. The van der Waals surface area contributed by atoms with Gasteiger partial charge in [0.2, 0.25) is 5.91 Å². The molecule has 0 aliphatic carbocycles. The first-order valence-corrected chi connectivity index (χ1v) is 8.56. The molecule has 0 saturated carbocycles. The van der Waals surface area contributed by atoms with Crippen molar-refractivity contribution in [1.29, 1.82) is 0 Å². The smallest absolute Gasteiger partial charge is 0.422 e. The predicted octanol–water partition coefficient (Wildman–Crippen LogP) is 4.46. The highest BCUT2D eigenvalue weighted by atomic mass is 32.1. The second kappa shape index (κ2) is 8.33. The molecule has 2 atom stereocenters. The summed E-state index contributed by atoms with van der Waals surface area (Å²) in [6.45, 7) is 2.37. The number of hydrogen-bond donors (Lipinski definition) is 1. The SMILES string of the molecule is CC(CC(=O)NC(C)c1ccc(OCC(F)(F)F)s1)c1ccccn1. The molecule has 0 saturated heterocycles. The van der Waals surface area contributed by atoms with Crippen molar-refractivity contribution in [1.82, 2.24) is 10.3 Å². The summed E-state index contributed by atoms with van der Waals surface area (Å²) in [6.07, 6.45) is -2.41. The fourth-order valence-electron chi connectivity index (χ4n) is 2.22. The normalized spacial score (nSPS) is 14.0. The van der Waals surface area contributed by atoms with Crippen LogP contribution in [0.25, 0.3) is 0 Å². The molecule has 0 aliphatic rings. The number of carbonyl (C=O) groups excluding carboxylic acids is 1. The van der Waals surface area contributed by atoms with E-state index in [9.17, 15) is 18.0 Å². The third-order valence-corrected chi connectivity index (χ3v) is 4.65. The molecule has 2 aromatic heterocycles. The lowest BCUT2D eigenvalue weighted by atomic mass is 10.0. The highest BCUT2D eigenvalue weighted by molar-refractivity contribution is 7.13. The van der Waals surface area contributed by atoms with Crippen LogP contribution in [0.5, 0.6) is 5.06 Å². The maximum Gasteiger partial charge on any atom is 0.422 e. The highest BCUT2D eigenvalue weighted by Gasteiger charge is 2.28. The van der Waals surface area contributed by atoms with Crippen molar-refractivity contribution in [2.75, 3.05) is 6.61 Å². The Morgan fingerprint density at radius 2 is 2.04 bits per heavy atom. The monoisotopic (exact) mass is 372 g/mol. The molecule has 2 unspecified atom stereocenters. The maximum atomic E-state index is 12.2. The summed E-state index contributed by atoms with van der Waals surface area (Å²) < 4.78 is 41.2. The molecule has 0 bridgehead atoms. The molecule has 8 heteroatoms. The number of halogens is 3. The van der Waals surface area contributed by atoms with Gasteiger partial charge in [-0.25, -0.2) is 0 Å². The second-order valence-corrected chi connectivity index (χ2v) is 6.79. The van der Waals surface area contributed by atoms with E-state index in [-0.39, 0.29) is 29.4 Å². The predicted molar refractivity (Wildman–Crippen MR) is 89.7 cm³/mol. The van der Waals surface area contributed by atoms with Gasteiger partial charge in [0, 0.05) is 29.1 Å². The van der Waals surface area contributed by atoms with Gasteiger partial charge >= 0.3 is 6.18 Å². The fourth-order valence-corrected chi connectivity index (χ4v) is 3.08. The summed E-state index contributed by atoms with van der Waals surface area (Å²) >= 11 is 1.09. The number of aromatic nitrogens is 1. The molecule has 0 spiro atoms. The molecule has 2 heterocycles. The largest absolute Gasteiger partial charge is 0.475 e. The summed E-state index contributed by atoms with van der Waals surface area (Å²) in [5, 5.41) is 3.02. The van der Waals surface area contributed by atoms with Crippen molar-refractivity contribution < 1.29 is 22.7 Å². The number of ether oxygens (including phenoxy) is 1. The zero-order valence-electron chi connectivity index (χ0n) is 13.8. The molecule has 2 aromatic rings. The van der Waals surface area contributed by atoms with E-state index in [4.69, 9.17) is 4.74 Å². The molecule has 0 aromatic carbocycles. The van der Waals surface area contributed by atoms with Crippen LogP contribution in [0.3, 0.4) is 0 Å². The lowest BCUT2D eigenvalue weighted by Crippen LogP contribution is -2.27. The topological polar surface area (TPSA) is 51.2 Å². The molecular weight excluding hydrogens is 353 g/mol. The Bertz CT molecular complexity index is 689. The number of amides is 1. The first kappa shape index (κ1) is 19.2.